The van der Waals surface area contributed by atoms with Crippen LogP contribution in [0.4, 0.5) is 0 Å². The van der Waals surface area contributed by atoms with E-state index in [1.165, 1.54) is 11.1 Å². The van der Waals surface area contributed by atoms with Crippen LogP contribution in [0.5, 0.6) is 0 Å². The number of aliphatic hydroxyl groups is 1. The van der Waals surface area contributed by atoms with E-state index in [1.54, 1.807) is 0 Å². The van der Waals surface area contributed by atoms with Gasteiger partial charge in [-0.1, -0.05) is 28.1 Å². The second kappa shape index (κ2) is 6.26. The molecular formula is C12H18BrNO. The van der Waals surface area contributed by atoms with E-state index in [9.17, 15) is 0 Å². The predicted octanol–water partition coefficient (Wildman–Crippen LogP) is 2.62. The number of aryl methyl sites for hydroxylation is 1. The SMILES string of the molecule is Cc1ccc(CN[C@H](C)CCO)cc1Br. The van der Waals surface area contributed by atoms with Gasteiger partial charge in [0, 0.05) is 23.7 Å². The first-order valence-electron chi connectivity index (χ1n) is 5.22. The van der Waals surface area contributed by atoms with E-state index in [4.69, 9.17) is 5.11 Å². The van der Waals surface area contributed by atoms with Crippen molar-refractivity contribution in [2.24, 2.45) is 0 Å². The number of nitrogens with one attached hydrogen (secondary N) is 1. The van der Waals surface area contributed by atoms with Gasteiger partial charge < -0.3 is 10.4 Å². The van der Waals surface area contributed by atoms with Crippen LogP contribution in [0.2, 0.25) is 0 Å². The average molecular weight is 272 g/mol. The van der Waals surface area contributed by atoms with Gasteiger partial charge in [-0.05, 0) is 37.5 Å². The van der Waals surface area contributed by atoms with Crippen LogP contribution in [0, 0.1) is 6.92 Å². The fraction of sp³-hybridized carbons (Fsp3) is 0.500. The van der Waals surface area contributed by atoms with E-state index in [2.05, 4.69) is 53.3 Å². The Morgan fingerprint density at radius 3 is 2.80 bits per heavy atom. The summed E-state index contributed by atoms with van der Waals surface area (Å²) >= 11 is 3.52. The molecule has 1 rings (SSSR count). The molecule has 0 aliphatic carbocycles. The molecule has 0 aliphatic heterocycles. The molecule has 0 amide bonds. The predicted molar refractivity (Wildman–Crippen MR) is 66.9 cm³/mol. The standard InChI is InChI=1S/C12H18BrNO/c1-9-3-4-11(7-12(9)13)8-14-10(2)5-6-15/h3-4,7,10,14-15H,5-6,8H2,1-2H3/t10-/m1/s1. The number of aliphatic hydroxyl groups excluding tert-OH is 1. The van der Waals surface area contributed by atoms with Gasteiger partial charge in [-0.15, -0.1) is 0 Å². The Morgan fingerprint density at radius 1 is 1.47 bits per heavy atom. The first-order chi connectivity index (χ1) is 7.13. The summed E-state index contributed by atoms with van der Waals surface area (Å²) in [5.74, 6) is 0. The lowest BCUT2D eigenvalue weighted by atomic mass is 10.1. The lowest BCUT2D eigenvalue weighted by Gasteiger charge is -2.12. The minimum absolute atomic E-state index is 0.242. The molecular weight excluding hydrogens is 254 g/mol. The molecule has 0 radical (unpaired) electrons. The van der Waals surface area contributed by atoms with Crippen LogP contribution in [-0.2, 0) is 6.54 Å². The summed E-state index contributed by atoms with van der Waals surface area (Å²) in [6, 6.07) is 6.72. The van der Waals surface area contributed by atoms with E-state index in [1.807, 2.05) is 0 Å². The zero-order valence-corrected chi connectivity index (χ0v) is 10.8. The van der Waals surface area contributed by atoms with Gasteiger partial charge in [-0.3, -0.25) is 0 Å². The molecule has 1 atom stereocenters. The fourth-order valence-corrected chi connectivity index (χ4v) is 1.76. The molecule has 2 nitrogen and oxygen atoms in total. The third kappa shape index (κ3) is 4.33. The van der Waals surface area contributed by atoms with Gasteiger partial charge >= 0.3 is 0 Å². The molecule has 0 saturated heterocycles. The van der Waals surface area contributed by atoms with Gasteiger partial charge in [-0.2, -0.15) is 0 Å². The first-order valence-corrected chi connectivity index (χ1v) is 6.02. The summed E-state index contributed by atoms with van der Waals surface area (Å²) in [7, 11) is 0. The molecule has 2 N–H and O–H groups in total. The summed E-state index contributed by atoms with van der Waals surface area (Å²) in [4.78, 5) is 0. The second-order valence-corrected chi connectivity index (χ2v) is 4.73. The highest BCUT2D eigenvalue weighted by atomic mass is 79.9. The summed E-state index contributed by atoms with van der Waals surface area (Å²) in [5, 5.41) is 12.1. The molecule has 0 aromatic heterocycles. The molecule has 0 heterocycles. The number of benzene rings is 1. The van der Waals surface area contributed by atoms with Crippen molar-refractivity contribution in [2.75, 3.05) is 6.61 Å². The molecule has 84 valence electrons. The van der Waals surface area contributed by atoms with Crippen LogP contribution in [0.25, 0.3) is 0 Å². The highest BCUT2D eigenvalue weighted by Crippen LogP contribution is 2.17. The van der Waals surface area contributed by atoms with E-state index < -0.39 is 0 Å². The Bertz CT molecular complexity index is 314. The smallest absolute Gasteiger partial charge is 0.0445 e. The Kier molecular flexibility index (Phi) is 5.29. The monoisotopic (exact) mass is 271 g/mol. The molecule has 0 fully saturated rings. The maximum absolute atomic E-state index is 8.77. The van der Waals surface area contributed by atoms with Crippen LogP contribution < -0.4 is 5.32 Å². The van der Waals surface area contributed by atoms with Gasteiger partial charge in [0.05, 0.1) is 0 Å². The minimum atomic E-state index is 0.242. The zero-order valence-electron chi connectivity index (χ0n) is 9.26. The van der Waals surface area contributed by atoms with Gasteiger partial charge in [0.2, 0.25) is 0 Å². The van der Waals surface area contributed by atoms with Gasteiger partial charge in [0.15, 0.2) is 0 Å². The van der Waals surface area contributed by atoms with Gasteiger partial charge in [0.25, 0.3) is 0 Å². The Balaban J connectivity index is 2.47. The lowest BCUT2D eigenvalue weighted by molar-refractivity contribution is 0.268. The molecule has 0 unspecified atom stereocenters. The number of hydrogen-bond donors (Lipinski definition) is 2. The van der Waals surface area contributed by atoms with Crippen LogP contribution in [0.15, 0.2) is 22.7 Å². The van der Waals surface area contributed by atoms with Crippen molar-refractivity contribution in [3.63, 3.8) is 0 Å². The maximum atomic E-state index is 8.77. The highest BCUT2D eigenvalue weighted by Gasteiger charge is 2.01. The molecule has 0 spiro atoms. The topological polar surface area (TPSA) is 32.3 Å². The average Bonchev–Trinajstić information content (AvgIpc) is 2.20. The Morgan fingerprint density at radius 2 is 2.20 bits per heavy atom. The van der Waals surface area contributed by atoms with Crippen molar-refractivity contribution in [3.8, 4) is 0 Å². The van der Waals surface area contributed by atoms with E-state index >= 15 is 0 Å². The summed E-state index contributed by atoms with van der Waals surface area (Å²) in [6.07, 6.45) is 0.799. The molecule has 0 aliphatic rings. The number of rotatable bonds is 5. The number of hydrogen-bond acceptors (Lipinski definition) is 2. The fourth-order valence-electron chi connectivity index (χ4n) is 1.33. The summed E-state index contributed by atoms with van der Waals surface area (Å²) < 4.78 is 1.15. The second-order valence-electron chi connectivity index (χ2n) is 3.88. The quantitative estimate of drug-likeness (QED) is 0.863. The normalized spacial score (nSPS) is 12.8. The number of halogens is 1. The molecule has 0 saturated carbocycles. The van der Waals surface area contributed by atoms with Gasteiger partial charge in [0.1, 0.15) is 0 Å². The molecule has 15 heavy (non-hydrogen) atoms. The first kappa shape index (κ1) is 12.7. The van der Waals surface area contributed by atoms with E-state index in [0.29, 0.717) is 6.04 Å². The van der Waals surface area contributed by atoms with Crippen LogP contribution >= 0.6 is 15.9 Å². The van der Waals surface area contributed by atoms with E-state index in [-0.39, 0.29) is 6.61 Å². The van der Waals surface area contributed by atoms with Crippen LogP contribution in [0.3, 0.4) is 0 Å². The van der Waals surface area contributed by atoms with Crippen LogP contribution in [0.1, 0.15) is 24.5 Å². The largest absolute Gasteiger partial charge is 0.396 e. The van der Waals surface area contributed by atoms with Crippen molar-refractivity contribution in [1.82, 2.24) is 5.32 Å². The van der Waals surface area contributed by atoms with Crippen LogP contribution in [-0.4, -0.2) is 17.8 Å². The Hall–Kier alpha value is -0.380. The molecule has 3 heteroatoms. The minimum Gasteiger partial charge on any atom is -0.396 e. The maximum Gasteiger partial charge on any atom is 0.0445 e. The molecule has 1 aromatic rings. The summed E-state index contributed by atoms with van der Waals surface area (Å²) in [5.41, 5.74) is 2.51. The van der Waals surface area contributed by atoms with E-state index in [0.717, 1.165) is 17.4 Å². The van der Waals surface area contributed by atoms with Crippen molar-refractivity contribution >= 4 is 15.9 Å². The zero-order chi connectivity index (χ0) is 11.3. The molecule has 0 bridgehead atoms. The van der Waals surface area contributed by atoms with Crippen molar-refractivity contribution in [3.05, 3.63) is 33.8 Å². The lowest BCUT2D eigenvalue weighted by Crippen LogP contribution is -2.26. The summed E-state index contributed by atoms with van der Waals surface area (Å²) in [6.45, 7) is 5.25. The third-order valence-electron chi connectivity index (χ3n) is 2.45. The van der Waals surface area contributed by atoms with Gasteiger partial charge in [-0.25, -0.2) is 0 Å². The third-order valence-corrected chi connectivity index (χ3v) is 3.31. The Labute approximate surface area is 99.8 Å². The molecule has 1 aromatic carbocycles. The van der Waals surface area contributed by atoms with Crippen molar-refractivity contribution < 1.29 is 5.11 Å². The van der Waals surface area contributed by atoms with Crippen molar-refractivity contribution in [2.45, 2.75) is 32.9 Å². The van der Waals surface area contributed by atoms with Crippen molar-refractivity contribution in [1.29, 1.82) is 0 Å². The highest BCUT2D eigenvalue weighted by molar-refractivity contribution is 9.10.